The van der Waals surface area contributed by atoms with E-state index in [-0.39, 0.29) is 0 Å². The lowest BCUT2D eigenvalue weighted by molar-refractivity contribution is 0.0523. The number of alkyl carbamates (subject to hydrolysis) is 1. The molecule has 0 unspecified atom stereocenters. The molecule has 0 atom stereocenters. The van der Waals surface area contributed by atoms with Crippen LogP contribution < -0.4 is 11.1 Å². The molecule has 1 rings (SSSR count). The van der Waals surface area contributed by atoms with Crippen molar-refractivity contribution in [2.75, 3.05) is 6.54 Å². The summed E-state index contributed by atoms with van der Waals surface area (Å²) in [6.45, 7) is 6.23. The smallest absolute Gasteiger partial charge is 0.407 e. The molecular formula is C15H20N2O2. The Hall–Kier alpha value is -1.99. The van der Waals surface area contributed by atoms with Gasteiger partial charge in [-0.15, -0.1) is 0 Å². The fraction of sp³-hybridized carbons (Fsp3) is 0.400. The first kappa shape index (κ1) is 15.1. The average molecular weight is 260 g/mol. The lowest BCUT2D eigenvalue weighted by Crippen LogP contribution is -2.32. The highest BCUT2D eigenvalue weighted by molar-refractivity contribution is 5.67. The molecule has 0 aliphatic carbocycles. The fourth-order valence-electron chi connectivity index (χ4n) is 1.40. The molecule has 0 spiro atoms. The zero-order chi connectivity index (χ0) is 14.3. The molecule has 1 aromatic carbocycles. The molecule has 4 nitrogen and oxygen atoms in total. The van der Waals surface area contributed by atoms with Crippen LogP contribution in [0.5, 0.6) is 0 Å². The van der Waals surface area contributed by atoms with Gasteiger partial charge in [0, 0.05) is 12.1 Å². The summed E-state index contributed by atoms with van der Waals surface area (Å²) in [4.78, 5) is 11.5. The van der Waals surface area contributed by atoms with Gasteiger partial charge in [-0.3, -0.25) is 0 Å². The predicted octanol–water partition coefficient (Wildman–Crippen LogP) is 2.02. The molecule has 0 radical (unpaired) electrons. The summed E-state index contributed by atoms with van der Waals surface area (Å²) in [5, 5.41) is 2.70. The minimum absolute atomic E-state index is 0.334. The first-order valence-electron chi connectivity index (χ1n) is 6.15. The van der Waals surface area contributed by atoms with E-state index in [0.29, 0.717) is 13.1 Å². The van der Waals surface area contributed by atoms with Crippen molar-refractivity contribution in [3.63, 3.8) is 0 Å². The van der Waals surface area contributed by atoms with Gasteiger partial charge in [-0.25, -0.2) is 4.79 Å². The standard InChI is InChI=1S/C15H20N2O2/c1-15(2,3)19-14(18)17-11-13-7-4-6-12(10-13)8-5-9-16/h4,6-7,10H,9,11,16H2,1-3H3,(H,17,18). The average Bonchev–Trinajstić information content (AvgIpc) is 2.32. The Morgan fingerprint density at radius 2 is 2.16 bits per heavy atom. The van der Waals surface area contributed by atoms with Gasteiger partial charge in [-0.05, 0) is 38.5 Å². The Bertz CT molecular complexity index is 493. The maximum atomic E-state index is 11.5. The van der Waals surface area contributed by atoms with E-state index in [1.54, 1.807) is 0 Å². The molecule has 102 valence electrons. The summed E-state index contributed by atoms with van der Waals surface area (Å²) < 4.78 is 5.16. The molecule has 19 heavy (non-hydrogen) atoms. The number of hydrogen-bond acceptors (Lipinski definition) is 3. The molecule has 0 saturated heterocycles. The number of nitrogens with two attached hydrogens (primary N) is 1. The topological polar surface area (TPSA) is 64.3 Å². The van der Waals surface area contributed by atoms with E-state index in [9.17, 15) is 4.79 Å². The summed E-state index contributed by atoms with van der Waals surface area (Å²) in [5.41, 5.74) is 6.69. The highest BCUT2D eigenvalue weighted by Gasteiger charge is 2.15. The molecular weight excluding hydrogens is 240 g/mol. The van der Waals surface area contributed by atoms with Crippen LogP contribution in [0.25, 0.3) is 0 Å². The van der Waals surface area contributed by atoms with E-state index in [1.165, 1.54) is 0 Å². The van der Waals surface area contributed by atoms with Gasteiger partial charge in [-0.1, -0.05) is 24.0 Å². The van der Waals surface area contributed by atoms with E-state index in [2.05, 4.69) is 17.2 Å². The van der Waals surface area contributed by atoms with Crippen LogP contribution in [-0.4, -0.2) is 18.2 Å². The minimum atomic E-state index is -0.488. The summed E-state index contributed by atoms with van der Waals surface area (Å²) >= 11 is 0. The summed E-state index contributed by atoms with van der Waals surface area (Å²) in [6.07, 6.45) is -0.425. The van der Waals surface area contributed by atoms with Gasteiger partial charge in [0.1, 0.15) is 5.60 Å². The Morgan fingerprint density at radius 3 is 2.79 bits per heavy atom. The number of benzene rings is 1. The van der Waals surface area contributed by atoms with E-state index < -0.39 is 11.7 Å². The lowest BCUT2D eigenvalue weighted by atomic mass is 10.1. The quantitative estimate of drug-likeness (QED) is 0.800. The highest BCUT2D eigenvalue weighted by Crippen LogP contribution is 2.08. The molecule has 1 aromatic rings. The molecule has 0 bridgehead atoms. The minimum Gasteiger partial charge on any atom is -0.444 e. The van der Waals surface area contributed by atoms with Gasteiger partial charge in [0.05, 0.1) is 6.54 Å². The van der Waals surface area contributed by atoms with Crippen molar-refractivity contribution in [3.05, 3.63) is 35.4 Å². The Balaban J connectivity index is 2.56. The second-order valence-electron chi connectivity index (χ2n) is 5.06. The lowest BCUT2D eigenvalue weighted by Gasteiger charge is -2.19. The molecule has 0 saturated carbocycles. The first-order chi connectivity index (χ1) is 8.90. The fourth-order valence-corrected chi connectivity index (χ4v) is 1.40. The Kier molecular flexibility index (Phi) is 5.40. The van der Waals surface area contributed by atoms with Crippen LogP contribution in [0.3, 0.4) is 0 Å². The SMILES string of the molecule is CC(C)(C)OC(=O)NCc1cccc(C#CCN)c1. The molecule has 0 aliphatic heterocycles. The molecule has 0 heterocycles. The normalized spacial score (nSPS) is 10.3. The van der Waals surface area contributed by atoms with Crippen molar-refractivity contribution in [2.24, 2.45) is 5.73 Å². The third-order valence-corrected chi connectivity index (χ3v) is 2.10. The molecule has 1 amide bonds. The number of carbonyl (C=O) groups excluding carboxylic acids is 1. The van der Waals surface area contributed by atoms with E-state index in [0.717, 1.165) is 11.1 Å². The second kappa shape index (κ2) is 6.81. The van der Waals surface area contributed by atoms with Gasteiger partial charge in [0.2, 0.25) is 0 Å². The number of hydrogen-bond donors (Lipinski definition) is 2. The van der Waals surface area contributed by atoms with Gasteiger partial charge < -0.3 is 15.8 Å². The van der Waals surface area contributed by atoms with Gasteiger partial charge in [0.15, 0.2) is 0 Å². The van der Waals surface area contributed by atoms with Crippen LogP contribution in [0, 0.1) is 11.8 Å². The number of carbonyl (C=O) groups is 1. The molecule has 4 heteroatoms. The van der Waals surface area contributed by atoms with Crippen molar-refractivity contribution in [3.8, 4) is 11.8 Å². The number of ether oxygens (including phenoxy) is 1. The van der Waals surface area contributed by atoms with E-state index in [4.69, 9.17) is 10.5 Å². The van der Waals surface area contributed by atoms with Crippen molar-refractivity contribution in [2.45, 2.75) is 32.9 Å². The second-order valence-corrected chi connectivity index (χ2v) is 5.06. The molecule has 0 aliphatic rings. The third-order valence-electron chi connectivity index (χ3n) is 2.10. The summed E-state index contributed by atoms with van der Waals surface area (Å²) in [7, 11) is 0. The Labute approximate surface area is 114 Å². The number of nitrogens with one attached hydrogen (secondary N) is 1. The van der Waals surface area contributed by atoms with Crippen LogP contribution in [-0.2, 0) is 11.3 Å². The van der Waals surface area contributed by atoms with Gasteiger partial charge in [-0.2, -0.15) is 0 Å². The van der Waals surface area contributed by atoms with Crippen LogP contribution in [0.4, 0.5) is 4.79 Å². The van der Waals surface area contributed by atoms with Gasteiger partial charge in [0.25, 0.3) is 0 Å². The highest BCUT2D eigenvalue weighted by atomic mass is 16.6. The predicted molar refractivity (Wildman–Crippen MR) is 75.4 cm³/mol. The maximum Gasteiger partial charge on any atom is 0.407 e. The van der Waals surface area contributed by atoms with Crippen LogP contribution in [0.15, 0.2) is 24.3 Å². The van der Waals surface area contributed by atoms with Crippen LogP contribution in [0.1, 0.15) is 31.9 Å². The third kappa shape index (κ3) is 6.49. The summed E-state index contributed by atoms with van der Waals surface area (Å²) in [6, 6.07) is 7.64. The van der Waals surface area contributed by atoms with Crippen molar-refractivity contribution >= 4 is 6.09 Å². The monoisotopic (exact) mass is 260 g/mol. The van der Waals surface area contributed by atoms with Gasteiger partial charge >= 0.3 is 6.09 Å². The summed E-state index contributed by atoms with van der Waals surface area (Å²) in [5.74, 6) is 5.75. The van der Waals surface area contributed by atoms with Crippen LogP contribution in [0.2, 0.25) is 0 Å². The first-order valence-corrected chi connectivity index (χ1v) is 6.15. The number of amides is 1. The van der Waals surface area contributed by atoms with E-state index >= 15 is 0 Å². The van der Waals surface area contributed by atoms with Crippen molar-refractivity contribution < 1.29 is 9.53 Å². The Morgan fingerprint density at radius 1 is 1.42 bits per heavy atom. The molecule has 3 N–H and O–H groups in total. The number of rotatable bonds is 2. The zero-order valence-electron chi connectivity index (χ0n) is 11.6. The van der Waals surface area contributed by atoms with Crippen LogP contribution >= 0.6 is 0 Å². The van der Waals surface area contributed by atoms with Crippen molar-refractivity contribution in [1.29, 1.82) is 0 Å². The zero-order valence-corrected chi connectivity index (χ0v) is 11.6. The van der Waals surface area contributed by atoms with Crippen molar-refractivity contribution in [1.82, 2.24) is 5.32 Å². The molecule has 0 fully saturated rings. The van der Waals surface area contributed by atoms with E-state index in [1.807, 2.05) is 45.0 Å². The largest absolute Gasteiger partial charge is 0.444 e. The molecule has 0 aromatic heterocycles. The maximum absolute atomic E-state index is 11.5.